The van der Waals surface area contributed by atoms with Gasteiger partial charge >= 0.3 is 0 Å². The van der Waals surface area contributed by atoms with Gasteiger partial charge in [-0.2, -0.15) is 0 Å². The second-order valence-electron chi connectivity index (χ2n) is 8.87. The van der Waals surface area contributed by atoms with Gasteiger partial charge in [0.25, 0.3) is 5.91 Å². The van der Waals surface area contributed by atoms with Gasteiger partial charge in [-0.05, 0) is 53.4 Å². The first kappa shape index (κ1) is 21.3. The van der Waals surface area contributed by atoms with E-state index in [9.17, 15) is 4.79 Å². The molecule has 3 aromatic carbocycles. The molecule has 0 saturated heterocycles. The summed E-state index contributed by atoms with van der Waals surface area (Å²) >= 11 is 0. The van der Waals surface area contributed by atoms with Crippen LogP contribution in [0.25, 0.3) is 0 Å². The summed E-state index contributed by atoms with van der Waals surface area (Å²) in [5.74, 6) is 0.785. The van der Waals surface area contributed by atoms with Crippen molar-refractivity contribution < 1.29 is 9.53 Å². The van der Waals surface area contributed by atoms with Crippen molar-refractivity contribution in [3.8, 4) is 5.75 Å². The lowest BCUT2D eigenvalue weighted by atomic mass is 9.90. The van der Waals surface area contributed by atoms with E-state index >= 15 is 0 Å². The summed E-state index contributed by atoms with van der Waals surface area (Å²) in [7, 11) is 5.76. The van der Waals surface area contributed by atoms with Gasteiger partial charge in [-0.3, -0.25) is 4.79 Å². The Bertz CT molecular complexity index is 1140. The number of benzene rings is 3. The monoisotopic (exact) mass is 442 g/mol. The molecule has 0 aliphatic carbocycles. The summed E-state index contributed by atoms with van der Waals surface area (Å²) in [6.45, 7) is 1.65. The van der Waals surface area contributed by atoms with Crippen molar-refractivity contribution >= 4 is 17.3 Å². The molecule has 0 spiro atoms. The Balaban J connectivity index is 1.40. The maximum Gasteiger partial charge on any atom is 0.255 e. The number of rotatable bonds is 6. The second-order valence-corrected chi connectivity index (χ2v) is 8.87. The number of anilines is 2. The van der Waals surface area contributed by atoms with Crippen LogP contribution in [0.5, 0.6) is 5.75 Å². The Morgan fingerprint density at radius 3 is 2.52 bits per heavy atom. The Morgan fingerprint density at radius 2 is 1.82 bits per heavy atom. The lowest BCUT2D eigenvalue weighted by Gasteiger charge is -2.45. The minimum atomic E-state index is -0.184. The zero-order valence-electron chi connectivity index (χ0n) is 19.3. The van der Waals surface area contributed by atoms with Gasteiger partial charge in [-0.1, -0.05) is 36.4 Å². The first-order valence-corrected chi connectivity index (χ1v) is 11.4. The molecule has 0 bridgehead atoms. The predicted octanol–water partition coefficient (Wildman–Crippen LogP) is 4.24. The molecule has 2 unspecified atom stereocenters. The largest absolute Gasteiger partial charge is 0.497 e. The maximum absolute atomic E-state index is 13.0. The van der Waals surface area contributed by atoms with Crippen molar-refractivity contribution in [1.29, 1.82) is 0 Å². The van der Waals surface area contributed by atoms with Gasteiger partial charge in [0, 0.05) is 38.9 Å². The number of para-hydroxylation sites is 1. The van der Waals surface area contributed by atoms with Crippen molar-refractivity contribution in [3.63, 3.8) is 0 Å². The standard InChI is InChI=1S/C27H30N4O2/c1-30(2)20-11-7-18(8-12-20)17-28-24-15-16-31-25-22(24)5-4-6-23(25)27(32)29-26(31)19-9-13-21(33-3)14-10-19/h4-14,24,26,28H,15-17H2,1-3H3,(H,29,32). The van der Waals surface area contributed by atoms with E-state index < -0.39 is 0 Å². The van der Waals surface area contributed by atoms with Gasteiger partial charge in [-0.15, -0.1) is 0 Å². The van der Waals surface area contributed by atoms with Crippen molar-refractivity contribution in [2.24, 2.45) is 0 Å². The quantitative estimate of drug-likeness (QED) is 0.598. The lowest BCUT2D eigenvalue weighted by Crippen LogP contribution is -2.50. The molecule has 0 fully saturated rings. The fourth-order valence-corrected chi connectivity index (χ4v) is 4.83. The molecule has 0 radical (unpaired) electrons. The molecule has 0 saturated carbocycles. The van der Waals surface area contributed by atoms with E-state index in [1.165, 1.54) is 16.8 Å². The molecule has 2 atom stereocenters. The Morgan fingerprint density at radius 1 is 1.06 bits per heavy atom. The fourth-order valence-electron chi connectivity index (χ4n) is 4.83. The van der Waals surface area contributed by atoms with E-state index in [2.05, 4.69) is 64.9 Å². The summed E-state index contributed by atoms with van der Waals surface area (Å²) in [6, 6.07) is 22.8. The van der Waals surface area contributed by atoms with Crippen molar-refractivity contribution in [1.82, 2.24) is 10.6 Å². The first-order valence-electron chi connectivity index (χ1n) is 11.4. The van der Waals surface area contributed by atoms with Gasteiger partial charge in [-0.25, -0.2) is 0 Å². The second kappa shape index (κ2) is 8.79. The molecular formula is C27H30N4O2. The van der Waals surface area contributed by atoms with E-state index in [0.717, 1.165) is 42.1 Å². The molecule has 2 heterocycles. The Labute approximate surface area is 195 Å². The van der Waals surface area contributed by atoms with Crippen LogP contribution in [-0.4, -0.2) is 33.7 Å². The van der Waals surface area contributed by atoms with Gasteiger partial charge in [0.05, 0.1) is 18.4 Å². The van der Waals surface area contributed by atoms with Crippen LogP contribution in [0.3, 0.4) is 0 Å². The van der Waals surface area contributed by atoms with Crippen LogP contribution in [0.2, 0.25) is 0 Å². The molecule has 1 amide bonds. The molecular weight excluding hydrogens is 412 g/mol. The normalized spacial score (nSPS) is 19.0. The van der Waals surface area contributed by atoms with Crippen LogP contribution in [0.15, 0.2) is 66.7 Å². The number of hydrogen-bond donors (Lipinski definition) is 2. The van der Waals surface area contributed by atoms with Gasteiger partial charge in [0.15, 0.2) is 0 Å². The minimum Gasteiger partial charge on any atom is -0.497 e. The SMILES string of the molecule is COc1ccc(C2NC(=O)c3cccc4c3N2CCC4NCc2ccc(N(C)C)cc2)cc1. The molecule has 2 aliphatic heterocycles. The average molecular weight is 443 g/mol. The minimum absolute atomic E-state index is 0.0242. The number of ether oxygens (including phenoxy) is 1. The third kappa shape index (κ3) is 4.02. The highest BCUT2D eigenvalue weighted by atomic mass is 16.5. The molecule has 2 N–H and O–H groups in total. The number of hydrogen-bond acceptors (Lipinski definition) is 5. The number of nitrogens with one attached hydrogen (secondary N) is 2. The van der Waals surface area contributed by atoms with Crippen molar-refractivity contribution in [3.05, 3.63) is 89.0 Å². The van der Waals surface area contributed by atoms with E-state index in [-0.39, 0.29) is 18.1 Å². The van der Waals surface area contributed by atoms with Crippen LogP contribution in [0.4, 0.5) is 11.4 Å². The van der Waals surface area contributed by atoms with Crippen LogP contribution in [0, 0.1) is 0 Å². The van der Waals surface area contributed by atoms with E-state index in [4.69, 9.17) is 4.74 Å². The number of amides is 1. The highest BCUT2D eigenvalue weighted by Crippen LogP contribution is 2.43. The summed E-state index contributed by atoms with van der Waals surface area (Å²) in [6.07, 6.45) is 0.783. The van der Waals surface area contributed by atoms with Gasteiger partial charge < -0.3 is 25.2 Å². The average Bonchev–Trinajstić information content (AvgIpc) is 2.85. The topological polar surface area (TPSA) is 56.8 Å². The number of methoxy groups -OCH3 is 1. The van der Waals surface area contributed by atoms with E-state index in [1.807, 2.05) is 36.4 Å². The van der Waals surface area contributed by atoms with Crippen molar-refractivity contribution in [2.45, 2.75) is 25.2 Å². The Hall–Kier alpha value is -3.51. The number of carbonyl (C=O) groups excluding carboxylic acids is 1. The van der Waals surface area contributed by atoms with E-state index in [1.54, 1.807) is 7.11 Å². The van der Waals surface area contributed by atoms with E-state index in [0.29, 0.717) is 0 Å². The first-order chi connectivity index (χ1) is 16.0. The van der Waals surface area contributed by atoms with Crippen LogP contribution in [0.1, 0.15) is 45.7 Å². The molecule has 5 rings (SSSR count). The van der Waals surface area contributed by atoms with Gasteiger partial charge in [0.2, 0.25) is 0 Å². The molecule has 6 nitrogen and oxygen atoms in total. The summed E-state index contributed by atoms with van der Waals surface area (Å²) in [4.78, 5) is 17.5. The predicted molar refractivity (Wildman–Crippen MR) is 132 cm³/mol. The van der Waals surface area contributed by atoms with Crippen molar-refractivity contribution in [2.75, 3.05) is 37.5 Å². The molecule has 2 aliphatic rings. The Kier molecular flexibility index (Phi) is 5.68. The third-order valence-electron chi connectivity index (χ3n) is 6.65. The van der Waals surface area contributed by atoms with Gasteiger partial charge in [0.1, 0.15) is 11.9 Å². The van der Waals surface area contributed by atoms with Crippen LogP contribution in [-0.2, 0) is 6.54 Å². The third-order valence-corrected chi connectivity index (χ3v) is 6.65. The fraction of sp³-hybridized carbons (Fsp3) is 0.296. The molecule has 33 heavy (non-hydrogen) atoms. The zero-order chi connectivity index (χ0) is 22.9. The number of carbonyl (C=O) groups is 1. The zero-order valence-corrected chi connectivity index (χ0v) is 19.3. The smallest absolute Gasteiger partial charge is 0.255 e. The molecule has 3 aromatic rings. The maximum atomic E-state index is 13.0. The molecule has 0 aromatic heterocycles. The molecule has 170 valence electrons. The lowest BCUT2D eigenvalue weighted by molar-refractivity contribution is 0.0924. The van der Waals surface area contributed by atoms with Crippen LogP contribution < -0.4 is 25.2 Å². The number of nitrogens with zero attached hydrogens (tertiary/aromatic N) is 2. The highest BCUT2D eigenvalue weighted by Gasteiger charge is 2.37. The molecule has 6 heteroatoms. The summed E-state index contributed by atoms with van der Waals surface area (Å²) in [5, 5.41) is 6.93. The van der Waals surface area contributed by atoms with Crippen LogP contribution >= 0.6 is 0 Å². The highest BCUT2D eigenvalue weighted by molar-refractivity contribution is 6.03. The summed E-state index contributed by atoms with van der Waals surface area (Å²) in [5.41, 5.74) is 6.49. The summed E-state index contributed by atoms with van der Waals surface area (Å²) < 4.78 is 5.30.